The molecular formula is C11H21N5O. The van der Waals surface area contributed by atoms with Crippen LogP contribution in [0.2, 0.25) is 0 Å². The van der Waals surface area contributed by atoms with Crippen LogP contribution in [0.25, 0.3) is 0 Å². The average molecular weight is 239 g/mol. The van der Waals surface area contributed by atoms with E-state index in [-0.39, 0.29) is 18.7 Å². The molecule has 17 heavy (non-hydrogen) atoms. The second-order valence-electron chi connectivity index (χ2n) is 4.71. The number of hydrogen-bond acceptors (Lipinski definition) is 5. The number of aliphatic hydroxyl groups is 1. The van der Waals surface area contributed by atoms with Crippen LogP contribution in [-0.2, 0) is 6.54 Å². The van der Waals surface area contributed by atoms with Gasteiger partial charge in [0.05, 0.1) is 12.6 Å². The molecule has 0 saturated carbocycles. The molecule has 0 spiro atoms. The molecule has 0 bridgehead atoms. The van der Waals surface area contributed by atoms with Crippen molar-refractivity contribution in [2.24, 2.45) is 0 Å². The van der Waals surface area contributed by atoms with Crippen molar-refractivity contribution in [3.63, 3.8) is 0 Å². The SMILES string of the molecule is CCCCn1nnnc1[C@H]1CC[C@@H](CO)N1C. The first-order valence-corrected chi connectivity index (χ1v) is 6.36. The molecule has 0 unspecified atom stereocenters. The van der Waals surface area contributed by atoms with Gasteiger partial charge in [-0.05, 0) is 36.7 Å². The number of nitrogens with zero attached hydrogens (tertiary/aromatic N) is 5. The zero-order valence-electron chi connectivity index (χ0n) is 10.6. The largest absolute Gasteiger partial charge is 0.395 e. The molecule has 1 aromatic heterocycles. The third-order valence-corrected chi connectivity index (χ3v) is 3.63. The number of likely N-dealkylation sites (tertiary alicyclic amines) is 1. The first-order valence-electron chi connectivity index (χ1n) is 6.36. The van der Waals surface area contributed by atoms with Gasteiger partial charge in [0.15, 0.2) is 5.82 Å². The Kier molecular flexibility index (Phi) is 4.06. The summed E-state index contributed by atoms with van der Waals surface area (Å²) >= 11 is 0. The number of tetrazole rings is 1. The summed E-state index contributed by atoms with van der Waals surface area (Å²) in [4.78, 5) is 2.19. The van der Waals surface area contributed by atoms with Gasteiger partial charge in [-0.1, -0.05) is 13.3 Å². The van der Waals surface area contributed by atoms with Gasteiger partial charge in [0.1, 0.15) is 0 Å². The number of likely N-dealkylation sites (N-methyl/N-ethyl adjacent to an activating group) is 1. The number of aromatic nitrogens is 4. The monoisotopic (exact) mass is 239 g/mol. The molecule has 6 nitrogen and oxygen atoms in total. The van der Waals surface area contributed by atoms with E-state index in [9.17, 15) is 5.11 Å². The lowest BCUT2D eigenvalue weighted by molar-refractivity contribution is 0.151. The Hall–Kier alpha value is -1.01. The molecule has 0 amide bonds. The van der Waals surface area contributed by atoms with Gasteiger partial charge >= 0.3 is 0 Å². The minimum absolute atomic E-state index is 0.212. The van der Waals surface area contributed by atoms with Crippen LogP contribution in [0.4, 0.5) is 0 Å². The van der Waals surface area contributed by atoms with Crippen molar-refractivity contribution in [1.82, 2.24) is 25.1 Å². The number of hydrogen-bond donors (Lipinski definition) is 1. The van der Waals surface area contributed by atoms with E-state index in [2.05, 4.69) is 27.3 Å². The summed E-state index contributed by atoms with van der Waals surface area (Å²) in [6.45, 7) is 3.25. The van der Waals surface area contributed by atoms with E-state index in [1.54, 1.807) is 0 Å². The summed E-state index contributed by atoms with van der Waals surface area (Å²) in [7, 11) is 2.04. The molecule has 2 rings (SSSR count). The fourth-order valence-corrected chi connectivity index (χ4v) is 2.46. The fourth-order valence-electron chi connectivity index (χ4n) is 2.46. The van der Waals surface area contributed by atoms with E-state index in [1.165, 1.54) is 0 Å². The molecule has 1 aliphatic rings. The van der Waals surface area contributed by atoms with Crippen molar-refractivity contribution in [3.05, 3.63) is 5.82 Å². The van der Waals surface area contributed by atoms with Crippen LogP contribution in [0.1, 0.15) is 44.5 Å². The Morgan fingerprint density at radius 3 is 2.88 bits per heavy atom. The molecular weight excluding hydrogens is 218 g/mol. The normalized spacial score (nSPS) is 25.6. The third-order valence-electron chi connectivity index (χ3n) is 3.63. The summed E-state index contributed by atoms with van der Waals surface area (Å²) in [5.74, 6) is 0.942. The van der Waals surface area contributed by atoms with Gasteiger partial charge in [0, 0.05) is 12.6 Å². The molecule has 0 radical (unpaired) electrons. The predicted octanol–water partition coefficient (Wildman–Crippen LogP) is 0.601. The van der Waals surface area contributed by atoms with Crippen LogP contribution in [0.3, 0.4) is 0 Å². The summed E-state index contributed by atoms with van der Waals surface area (Å²) in [6, 6.07) is 0.496. The fraction of sp³-hybridized carbons (Fsp3) is 0.909. The standard InChI is InChI=1S/C11H21N5O/c1-3-4-7-16-11(12-13-14-16)10-6-5-9(8-17)15(10)2/h9-10,17H,3-8H2,1-2H3/t9-,10+/m0/s1. The molecule has 96 valence electrons. The average Bonchev–Trinajstić information content (AvgIpc) is 2.92. The van der Waals surface area contributed by atoms with E-state index < -0.39 is 0 Å². The maximum absolute atomic E-state index is 9.26. The maximum Gasteiger partial charge on any atom is 0.168 e. The highest BCUT2D eigenvalue weighted by Gasteiger charge is 2.34. The van der Waals surface area contributed by atoms with Crippen LogP contribution >= 0.6 is 0 Å². The Labute approximate surface area is 102 Å². The van der Waals surface area contributed by atoms with Crippen molar-refractivity contribution >= 4 is 0 Å². The predicted molar refractivity (Wildman–Crippen MR) is 63.3 cm³/mol. The quantitative estimate of drug-likeness (QED) is 0.815. The molecule has 2 heterocycles. The number of unbranched alkanes of at least 4 members (excludes halogenated alkanes) is 1. The molecule has 0 aromatic carbocycles. The van der Waals surface area contributed by atoms with Crippen LogP contribution in [-0.4, -0.2) is 49.9 Å². The zero-order valence-corrected chi connectivity index (χ0v) is 10.6. The van der Waals surface area contributed by atoms with Crippen molar-refractivity contribution in [3.8, 4) is 0 Å². The molecule has 1 aliphatic heterocycles. The lowest BCUT2D eigenvalue weighted by atomic mass is 10.2. The Bertz CT molecular complexity index is 353. The van der Waals surface area contributed by atoms with Gasteiger partial charge in [0.25, 0.3) is 0 Å². The highest BCUT2D eigenvalue weighted by molar-refractivity contribution is 4.98. The molecule has 0 aliphatic carbocycles. The first kappa shape index (κ1) is 12.4. The zero-order chi connectivity index (χ0) is 12.3. The Morgan fingerprint density at radius 2 is 2.24 bits per heavy atom. The minimum atomic E-state index is 0.212. The van der Waals surface area contributed by atoms with E-state index in [4.69, 9.17) is 0 Å². The van der Waals surface area contributed by atoms with E-state index in [0.29, 0.717) is 0 Å². The van der Waals surface area contributed by atoms with E-state index in [1.807, 2.05) is 11.7 Å². The van der Waals surface area contributed by atoms with Gasteiger partial charge in [-0.2, -0.15) is 0 Å². The van der Waals surface area contributed by atoms with Crippen molar-refractivity contribution in [1.29, 1.82) is 0 Å². The van der Waals surface area contributed by atoms with Crippen molar-refractivity contribution in [2.75, 3.05) is 13.7 Å². The van der Waals surface area contributed by atoms with Crippen LogP contribution < -0.4 is 0 Å². The minimum Gasteiger partial charge on any atom is -0.395 e. The highest BCUT2D eigenvalue weighted by Crippen LogP contribution is 2.32. The van der Waals surface area contributed by atoms with Gasteiger partial charge < -0.3 is 5.11 Å². The second kappa shape index (κ2) is 5.55. The summed E-state index contributed by atoms with van der Waals surface area (Å²) in [5, 5.41) is 21.2. The number of aryl methyl sites for hydroxylation is 1. The third kappa shape index (κ3) is 2.47. The molecule has 2 atom stereocenters. The van der Waals surface area contributed by atoms with Crippen molar-refractivity contribution in [2.45, 2.75) is 51.2 Å². The maximum atomic E-state index is 9.26. The number of rotatable bonds is 5. The highest BCUT2D eigenvalue weighted by atomic mass is 16.3. The first-order chi connectivity index (χ1) is 8.27. The van der Waals surface area contributed by atoms with Crippen molar-refractivity contribution < 1.29 is 5.11 Å². The van der Waals surface area contributed by atoms with E-state index in [0.717, 1.165) is 38.1 Å². The Balaban J connectivity index is 2.09. The lowest BCUT2D eigenvalue weighted by Gasteiger charge is -2.23. The second-order valence-corrected chi connectivity index (χ2v) is 4.71. The Morgan fingerprint density at radius 1 is 1.41 bits per heavy atom. The molecule has 1 aromatic rings. The lowest BCUT2D eigenvalue weighted by Crippen LogP contribution is -2.31. The number of aliphatic hydroxyl groups excluding tert-OH is 1. The van der Waals surface area contributed by atoms with E-state index >= 15 is 0 Å². The molecule has 1 N–H and O–H groups in total. The van der Waals surface area contributed by atoms with Gasteiger partial charge in [-0.25, -0.2) is 4.68 Å². The molecule has 6 heteroatoms. The molecule has 1 fully saturated rings. The summed E-state index contributed by atoms with van der Waals surface area (Å²) in [5.41, 5.74) is 0. The van der Waals surface area contributed by atoms with Crippen LogP contribution in [0.5, 0.6) is 0 Å². The van der Waals surface area contributed by atoms with Gasteiger partial charge in [-0.3, -0.25) is 4.90 Å². The van der Waals surface area contributed by atoms with Gasteiger partial charge in [0.2, 0.25) is 0 Å². The molecule has 1 saturated heterocycles. The van der Waals surface area contributed by atoms with Crippen LogP contribution in [0, 0.1) is 0 Å². The summed E-state index contributed by atoms with van der Waals surface area (Å²) in [6.07, 6.45) is 4.27. The van der Waals surface area contributed by atoms with Crippen LogP contribution in [0.15, 0.2) is 0 Å². The smallest absolute Gasteiger partial charge is 0.168 e. The van der Waals surface area contributed by atoms with Gasteiger partial charge in [-0.15, -0.1) is 5.10 Å². The summed E-state index contributed by atoms with van der Waals surface area (Å²) < 4.78 is 1.91. The topological polar surface area (TPSA) is 67.1 Å².